The van der Waals surface area contributed by atoms with Gasteiger partial charge in [-0.2, -0.15) is 0 Å². The lowest BCUT2D eigenvalue weighted by Crippen LogP contribution is -2.49. The molecule has 0 saturated carbocycles. The molecular formula is C34H34F4O6. The molecule has 2 N–H and O–H groups in total. The second kappa shape index (κ2) is 17.0. The average Bonchev–Trinajstić information content (AvgIpc) is 3.03. The summed E-state index contributed by atoms with van der Waals surface area (Å²) in [5.74, 6) is -3.37. The minimum Gasteiger partial charge on any atom is -0.388 e. The minimum atomic E-state index is -1.73. The maximum atomic E-state index is 14.3. The van der Waals surface area contributed by atoms with E-state index in [-0.39, 0.29) is 37.6 Å². The van der Waals surface area contributed by atoms with Gasteiger partial charge in [-0.15, -0.1) is 0 Å². The Hall–Kier alpha value is -3.64. The molecule has 10 heteroatoms. The molecule has 4 rings (SSSR count). The van der Waals surface area contributed by atoms with Gasteiger partial charge >= 0.3 is 0 Å². The molecular weight excluding hydrogens is 580 g/mol. The monoisotopic (exact) mass is 614 g/mol. The Labute approximate surface area is 253 Å². The summed E-state index contributed by atoms with van der Waals surface area (Å²) in [4.78, 5) is 0. The predicted octanol–water partition coefficient (Wildman–Crippen LogP) is 5.87. The van der Waals surface area contributed by atoms with Crippen molar-refractivity contribution in [1.29, 1.82) is 0 Å². The molecule has 6 nitrogen and oxygen atoms in total. The van der Waals surface area contributed by atoms with E-state index in [0.29, 0.717) is 0 Å². The van der Waals surface area contributed by atoms with Crippen LogP contribution in [0.25, 0.3) is 0 Å². The number of aliphatic hydroxyl groups is 2. The second-order valence-corrected chi connectivity index (χ2v) is 10.1. The second-order valence-electron chi connectivity index (χ2n) is 10.1. The van der Waals surface area contributed by atoms with Crippen LogP contribution < -0.4 is 0 Å². The minimum absolute atomic E-state index is 0.129. The quantitative estimate of drug-likeness (QED) is 0.145. The molecule has 0 heterocycles. The van der Waals surface area contributed by atoms with Crippen LogP contribution in [0.4, 0.5) is 17.6 Å². The van der Waals surface area contributed by atoms with Gasteiger partial charge in [-0.05, 0) is 35.4 Å². The largest absolute Gasteiger partial charge is 0.388 e. The summed E-state index contributed by atoms with van der Waals surface area (Å²) in [6, 6.07) is 25.0. The molecule has 0 spiro atoms. The molecule has 0 unspecified atom stereocenters. The molecule has 0 aliphatic rings. The van der Waals surface area contributed by atoms with Gasteiger partial charge in [-0.1, -0.05) is 72.8 Å². The Bertz CT molecular complexity index is 1280. The van der Waals surface area contributed by atoms with E-state index in [2.05, 4.69) is 0 Å². The van der Waals surface area contributed by atoms with Crippen LogP contribution in [0, 0.1) is 23.3 Å². The van der Waals surface area contributed by atoms with Gasteiger partial charge in [-0.25, -0.2) is 17.6 Å². The van der Waals surface area contributed by atoms with Gasteiger partial charge in [-0.3, -0.25) is 0 Å². The molecule has 4 aromatic rings. The highest BCUT2D eigenvalue weighted by Gasteiger charge is 2.35. The normalized spacial score (nSPS) is 14.2. The summed E-state index contributed by atoms with van der Waals surface area (Å²) < 4.78 is 80.1. The van der Waals surface area contributed by atoms with Crippen molar-refractivity contribution < 1.29 is 46.7 Å². The number of halogens is 4. The molecule has 4 atom stereocenters. The van der Waals surface area contributed by atoms with E-state index in [4.69, 9.17) is 18.9 Å². The van der Waals surface area contributed by atoms with E-state index < -0.39 is 60.9 Å². The van der Waals surface area contributed by atoms with Crippen LogP contribution >= 0.6 is 0 Å². The molecule has 0 amide bonds. The zero-order chi connectivity index (χ0) is 31.3. The van der Waals surface area contributed by atoms with Crippen molar-refractivity contribution in [2.45, 2.75) is 50.8 Å². The van der Waals surface area contributed by atoms with E-state index in [0.717, 1.165) is 35.4 Å². The summed E-state index contributed by atoms with van der Waals surface area (Å²) in [5, 5.41) is 22.5. The SMILES string of the molecule is O[C@@H]([C@H](O)[C@@H](COCc1ccccc1)OCc1c(F)cccc1F)[C@@H](COCc1ccccc1)OCc1c(F)cccc1F. The van der Waals surface area contributed by atoms with Crippen LogP contribution in [0.1, 0.15) is 22.3 Å². The predicted molar refractivity (Wildman–Crippen MR) is 154 cm³/mol. The maximum absolute atomic E-state index is 14.3. The molecule has 0 fully saturated rings. The van der Waals surface area contributed by atoms with Gasteiger partial charge in [0.25, 0.3) is 0 Å². The number of hydrogen-bond acceptors (Lipinski definition) is 6. The molecule has 44 heavy (non-hydrogen) atoms. The van der Waals surface area contributed by atoms with E-state index in [9.17, 15) is 27.8 Å². The van der Waals surface area contributed by atoms with Crippen LogP contribution in [0.5, 0.6) is 0 Å². The lowest BCUT2D eigenvalue weighted by atomic mass is 10.0. The Morgan fingerprint density at radius 3 is 1.14 bits per heavy atom. The molecule has 0 radical (unpaired) electrons. The Balaban J connectivity index is 1.50. The van der Waals surface area contributed by atoms with E-state index in [1.807, 2.05) is 60.7 Å². The van der Waals surface area contributed by atoms with Crippen molar-refractivity contribution in [3.05, 3.63) is 143 Å². The maximum Gasteiger partial charge on any atom is 0.131 e. The van der Waals surface area contributed by atoms with Crippen molar-refractivity contribution in [1.82, 2.24) is 0 Å². The summed E-state index contributed by atoms with van der Waals surface area (Å²) in [6.45, 7) is -1.43. The summed E-state index contributed by atoms with van der Waals surface area (Å²) in [7, 11) is 0. The topological polar surface area (TPSA) is 77.4 Å². The van der Waals surface area contributed by atoms with Crippen molar-refractivity contribution in [2.24, 2.45) is 0 Å². The first-order chi connectivity index (χ1) is 21.3. The fourth-order valence-electron chi connectivity index (χ4n) is 4.39. The molecule has 0 aromatic heterocycles. The lowest BCUT2D eigenvalue weighted by molar-refractivity contribution is -0.170. The molecule has 4 aromatic carbocycles. The Morgan fingerprint density at radius 1 is 0.455 bits per heavy atom. The Kier molecular flexibility index (Phi) is 12.9. The highest BCUT2D eigenvalue weighted by atomic mass is 19.1. The Morgan fingerprint density at radius 2 is 0.795 bits per heavy atom. The highest BCUT2D eigenvalue weighted by Crippen LogP contribution is 2.21. The molecule has 0 bridgehead atoms. The van der Waals surface area contributed by atoms with Gasteiger partial charge in [0, 0.05) is 11.1 Å². The van der Waals surface area contributed by atoms with Gasteiger partial charge < -0.3 is 29.2 Å². The van der Waals surface area contributed by atoms with Gasteiger partial charge in [0.05, 0.1) is 39.6 Å². The summed E-state index contributed by atoms with van der Waals surface area (Å²) in [5.41, 5.74) is 0.917. The smallest absolute Gasteiger partial charge is 0.131 e. The van der Waals surface area contributed by atoms with Crippen LogP contribution in [-0.4, -0.2) is 47.8 Å². The fraction of sp³-hybridized carbons (Fsp3) is 0.294. The van der Waals surface area contributed by atoms with Crippen molar-refractivity contribution in [2.75, 3.05) is 13.2 Å². The average molecular weight is 615 g/mol. The third-order valence-corrected chi connectivity index (χ3v) is 6.91. The van der Waals surface area contributed by atoms with Crippen molar-refractivity contribution >= 4 is 0 Å². The lowest BCUT2D eigenvalue weighted by Gasteiger charge is -2.32. The van der Waals surface area contributed by atoms with Crippen LogP contribution in [-0.2, 0) is 45.4 Å². The number of benzene rings is 4. The zero-order valence-electron chi connectivity index (χ0n) is 23.8. The number of rotatable bonds is 17. The summed E-state index contributed by atoms with van der Waals surface area (Å²) >= 11 is 0. The van der Waals surface area contributed by atoms with Crippen molar-refractivity contribution in [3.8, 4) is 0 Å². The number of ether oxygens (including phenoxy) is 4. The van der Waals surface area contributed by atoms with Crippen LogP contribution in [0.15, 0.2) is 97.1 Å². The van der Waals surface area contributed by atoms with Crippen LogP contribution in [0.2, 0.25) is 0 Å². The van der Waals surface area contributed by atoms with Gasteiger partial charge in [0.1, 0.15) is 47.7 Å². The molecule has 0 aliphatic heterocycles. The van der Waals surface area contributed by atoms with Gasteiger partial charge in [0.15, 0.2) is 0 Å². The zero-order valence-corrected chi connectivity index (χ0v) is 23.8. The first kappa shape index (κ1) is 33.3. The first-order valence-electron chi connectivity index (χ1n) is 14.0. The molecule has 234 valence electrons. The molecule has 0 saturated heterocycles. The fourth-order valence-corrected chi connectivity index (χ4v) is 4.39. The molecule has 0 aliphatic carbocycles. The third-order valence-electron chi connectivity index (χ3n) is 6.91. The number of hydrogen-bond donors (Lipinski definition) is 2. The third kappa shape index (κ3) is 9.68. The van der Waals surface area contributed by atoms with E-state index >= 15 is 0 Å². The van der Waals surface area contributed by atoms with Gasteiger partial charge in [0.2, 0.25) is 0 Å². The van der Waals surface area contributed by atoms with E-state index in [1.165, 1.54) is 12.1 Å². The van der Waals surface area contributed by atoms with E-state index in [1.54, 1.807) is 0 Å². The number of aliphatic hydroxyl groups excluding tert-OH is 2. The highest BCUT2D eigenvalue weighted by molar-refractivity contribution is 5.20. The first-order valence-corrected chi connectivity index (χ1v) is 14.0. The standard InChI is InChI=1S/C34H34F4O6/c35-27-13-7-14-28(36)25(27)19-43-31(21-41-17-23-9-3-1-4-10-23)33(39)34(40)32(22-42-18-24-11-5-2-6-12-24)44-20-26-29(37)15-8-16-30(26)38/h1-16,31-34,39-40H,17-22H2/t31-,32-,33-,34-/m1/s1. The van der Waals surface area contributed by atoms with Crippen LogP contribution in [0.3, 0.4) is 0 Å². The summed E-state index contributed by atoms with van der Waals surface area (Å²) in [6.07, 6.45) is -6.04. The van der Waals surface area contributed by atoms with Crippen molar-refractivity contribution in [3.63, 3.8) is 0 Å².